The van der Waals surface area contributed by atoms with Crippen molar-refractivity contribution in [1.29, 1.82) is 0 Å². The van der Waals surface area contributed by atoms with Crippen LogP contribution in [0.15, 0.2) is 48.0 Å². The predicted molar refractivity (Wildman–Crippen MR) is 115 cm³/mol. The summed E-state index contributed by atoms with van der Waals surface area (Å²) in [6.45, 7) is 5.77. The van der Waals surface area contributed by atoms with E-state index in [1.54, 1.807) is 28.6 Å². The van der Waals surface area contributed by atoms with Crippen molar-refractivity contribution in [1.82, 2.24) is 9.97 Å². The summed E-state index contributed by atoms with van der Waals surface area (Å²) >= 11 is 1.32. The highest BCUT2D eigenvalue weighted by Crippen LogP contribution is 2.29. The first-order valence-corrected chi connectivity index (χ1v) is 10.5. The van der Waals surface area contributed by atoms with Crippen molar-refractivity contribution < 1.29 is 19.1 Å². The number of anilines is 2. The second-order valence-electron chi connectivity index (χ2n) is 6.36. The van der Waals surface area contributed by atoms with Gasteiger partial charge >= 0.3 is 5.97 Å². The molecule has 0 fully saturated rings. The number of aromatic nitrogens is 2. The molecule has 0 bridgehead atoms. The van der Waals surface area contributed by atoms with E-state index < -0.39 is 5.97 Å². The zero-order chi connectivity index (χ0) is 21.5. The fraction of sp³-hybridized carbons (Fsp3) is 0.273. The van der Waals surface area contributed by atoms with Crippen LogP contribution in [0, 0.1) is 0 Å². The molecule has 7 nitrogen and oxygen atoms in total. The lowest BCUT2D eigenvalue weighted by atomic mass is 10.1. The number of esters is 1. The first-order chi connectivity index (χ1) is 14.5. The van der Waals surface area contributed by atoms with Gasteiger partial charge in [0.2, 0.25) is 11.8 Å². The molecule has 1 aromatic carbocycles. The van der Waals surface area contributed by atoms with Crippen molar-refractivity contribution >= 4 is 34.0 Å². The van der Waals surface area contributed by atoms with Crippen molar-refractivity contribution in [2.45, 2.75) is 33.8 Å². The summed E-state index contributed by atoms with van der Waals surface area (Å²) in [5, 5.41) is 2.29. The molecule has 0 aliphatic heterocycles. The van der Waals surface area contributed by atoms with Crippen LogP contribution in [0.25, 0.3) is 0 Å². The number of rotatable bonds is 8. The highest BCUT2D eigenvalue weighted by Gasteiger charge is 2.19. The molecule has 0 N–H and O–H groups in total. The Morgan fingerprint density at radius 2 is 1.90 bits per heavy atom. The maximum absolute atomic E-state index is 12.4. The topological polar surface area (TPSA) is 81.6 Å². The van der Waals surface area contributed by atoms with Crippen LogP contribution < -0.4 is 9.64 Å². The summed E-state index contributed by atoms with van der Waals surface area (Å²) in [4.78, 5) is 34.7. The van der Waals surface area contributed by atoms with Crippen LogP contribution >= 0.6 is 11.3 Å². The molecule has 0 saturated carbocycles. The summed E-state index contributed by atoms with van der Waals surface area (Å²) in [7, 11) is 0. The summed E-state index contributed by atoms with van der Waals surface area (Å²) in [6.07, 6.45) is 2.48. The lowest BCUT2D eigenvalue weighted by Crippen LogP contribution is -2.22. The molecular formula is C22H23N3O4S. The Hall–Kier alpha value is -3.26. The van der Waals surface area contributed by atoms with Crippen LogP contribution in [0.2, 0.25) is 0 Å². The van der Waals surface area contributed by atoms with Gasteiger partial charge in [0.15, 0.2) is 5.13 Å². The molecule has 156 valence electrons. The Balaban J connectivity index is 1.72. The first-order valence-electron chi connectivity index (χ1n) is 9.62. The Morgan fingerprint density at radius 1 is 1.13 bits per heavy atom. The molecule has 0 radical (unpaired) electrons. The third-order valence-corrected chi connectivity index (χ3v) is 5.15. The Bertz CT molecular complexity index is 1020. The third kappa shape index (κ3) is 5.01. The quantitative estimate of drug-likeness (QED) is 0.493. The number of aryl methyl sites for hydroxylation is 1. The van der Waals surface area contributed by atoms with E-state index in [1.165, 1.54) is 23.8 Å². The smallest absolute Gasteiger partial charge is 0.344 e. The van der Waals surface area contributed by atoms with E-state index in [9.17, 15) is 9.59 Å². The molecule has 3 aromatic rings. The molecule has 0 atom stereocenters. The highest BCUT2D eigenvalue weighted by molar-refractivity contribution is 7.14. The minimum absolute atomic E-state index is 0.0175. The second kappa shape index (κ2) is 9.98. The van der Waals surface area contributed by atoms with E-state index in [1.807, 2.05) is 31.2 Å². The van der Waals surface area contributed by atoms with Crippen LogP contribution in [-0.4, -0.2) is 28.5 Å². The Kier molecular flexibility index (Phi) is 7.13. The molecule has 0 saturated heterocycles. The van der Waals surface area contributed by atoms with Gasteiger partial charge in [-0.3, -0.25) is 9.69 Å². The standard InChI is InChI=1S/C22H23N3O4S/c1-4-16-8-10-18(11-9-16)25(15(3)26)22-24-17(14-30-22)13-29-21(27)19-7-6-12-23-20(19)28-5-2/h6-12,14H,4-5,13H2,1-3H3. The fourth-order valence-corrected chi connectivity index (χ4v) is 3.66. The molecule has 2 aromatic heterocycles. The van der Waals surface area contributed by atoms with Crippen molar-refractivity contribution in [2.75, 3.05) is 11.5 Å². The van der Waals surface area contributed by atoms with E-state index >= 15 is 0 Å². The number of hydrogen-bond acceptors (Lipinski definition) is 7. The average molecular weight is 426 g/mol. The number of carbonyl (C=O) groups excluding carboxylic acids is 2. The van der Waals surface area contributed by atoms with E-state index in [0.717, 1.165) is 12.1 Å². The first kappa shape index (κ1) is 21.4. The minimum atomic E-state index is -0.542. The number of hydrogen-bond donors (Lipinski definition) is 0. The summed E-state index contributed by atoms with van der Waals surface area (Å²) in [5.74, 6) is -0.448. The van der Waals surface area contributed by atoms with Gasteiger partial charge in [-0.1, -0.05) is 19.1 Å². The summed E-state index contributed by atoms with van der Waals surface area (Å²) < 4.78 is 10.7. The predicted octanol–water partition coefficient (Wildman–Crippen LogP) is 4.54. The lowest BCUT2D eigenvalue weighted by molar-refractivity contribution is -0.115. The molecule has 1 amide bonds. The van der Waals surface area contributed by atoms with Gasteiger partial charge in [0.05, 0.1) is 18.0 Å². The van der Waals surface area contributed by atoms with E-state index in [-0.39, 0.29) is 24.0 Å². The number of amides is 1. The van der Waals surface area contributed by atoms with Gasteiger partial charge in [-0.05, 0) is 43.2 Å². The van der Waals surface area contributed by atoms with Crippen LogP contribution in [0.1, 0.15) is 42.4 Å². The second-order valence-corrected chi connectivity index (χ2v) is 7.20. The zero-order valence-electron chi connectivity index (χ0n) is 17.1. The van der Waals surface area contributed by atoms with Gasteiger partial charge in [0.1, 0.15) is 12.2 Å². The normalized spacial score (nSPS) is 10.5. The highest BCUT2D eigenvalue weighted by atomic mass is 32.1. The molecule has 0 spiro atoms. The molecule has 0 aliphatic carbocycles. The van der Waals surface area contributed by atoms with Crippen LogP contribution in [0.5, 0.6) is 5.88 Å². The number of ether oxygens (including phenoxy) is 2. The Labute approximate surface area is 179 Å². The van der Waals surface area contributed by atoms with Crippen LogP contribution in [0.3, 0.4) is 0 Å². The number of benzene rings is 1. The maximum atomic E-state index is 12.4. The molecule has 0 aliphatic rings. The average Bonchev–Trinajstić information content (AvgIpc) is 3.21. The van der Waals surface area contributed by atoms with Crippen molar-refractivity contribution in [2.24, 2.45) is 0 Å². The number of carbonyl (C=O) groups is 2. The lowest BCUT2D eigenvalue weighted by Gasteiger charge is -2.18. The van der Waals surface area contributed by atoms with Gasteiger partial charge in [0, 0.05) is 18.5 Å². The molecule has 2 heterocycles. The largest absolute Gasteiger partial charge is 0.477 e. The zero-order valence-corrected chi connectivity index (χ0v) is 17.9. The van der Waals surface area contributed by atoms with Crippen molar-refractivity contribution in [3.05, 3.63) is 64.8 Å². The molecule has 30 heavy (non-hydrogen) atoms. The van der Waals surface area contributed by atoms with Gasteiger partial charge < -0.3 is 9.47 Å². The van der Waals surface area contributed by atoms with Gasteiger partial charge in [-0.25, -0.2) is 14.8 Å². The third-order valence-electron chi connectivity index (χ3n) is 4.27. The Morgan fingerprint density at radius 3 is 2.57 bits per heavy atom. The number of thiazole rings is 1. The summed E-state index contributed by atoms with van der Waals surface area (Å²) in [5.41, 5.74) is 2.75. The maximum Gasteiger partial charge on any atom is 0.344 e. The van der Waals surface area contributed by atoms with E-state index in [2.05, 4.69) is 16.9 Å². The molecule has 0 unspecified atom stereocenters. The van der Waals surface area contributed by atoms with Gasteiger partial charge in [0.25, 0.3) is 0 Å². The minimum Gasteiger partial charge on any atom is -0.477 e. The molecular weight excluding hydrogens is 402 g/mol. The summed E-state index contributed by atoms with van der Waals surface area (Å²) in [6, 6.07) is 11.0. The van der Waals surface area contributed by atoms with Crippen LogP contribution in [-0.2, 0) is 22.6 Å². The van der Waals surface area contributed by atoms with E-state index in [4.69, 9.17) is 9.47 Å². The molecule has 3 rings (SSSR count). The molecule has 8 heteroatoms. The van der Waals surface area contributed by atoms with Crippen molar-refractivity contribution in [3.8, 4) is 5.88 Å². The number of nitrogens with zero attached hydrogens (tertiary/aromatic N) is 3. The van der Waals surface area contributed by atoms with Crippen molar-refractivity contribution in [3.63, 3.8) is 0 Å². The fourth-order valence-electron chi connectivity index (χ4n) is 2.79. The van der Waals surface area contributed by atoms with Crippen LogP contribution in [0.4, 0.5) is 10.8 Å². The number of pyridine rings is 1. The SMILES string of the molecule is CCOc1ncccc1C(=O)OCc1csc(N(C(C)=O)c2ccc(CC)cc2)n1. The van der Waals surface area contributed by atoms with E-state index in [0.29, 0.717) is 17.4 Å². The monoisotopic (exact) mass is 425 g/mol. The van der Waals surface area contributed by atoms with Gasteiger partial charge in [-0.15, -0.1) is 11.3 Å². The van der Waals surface area contributed by atoms with Gasteiger partial charge in [-0.2, -0.15) is 0 Å².